The van der Waals surface area contributed by atoms with Crippen molar-refractivity contribution in [1.82, 2.24) is 9.80 Å². The Morgan fingerprint density at radius 3 is 2.12 bits per heavy atom. The number of amides is 1. The molecule has 1 amide bonds. The Balaban J connectivity index is 0.00000156. The van der Waals surface area contributed by atoms with Crippen molar-refractivity contribution in [3.05, 3.63) is 65.7 Å². The molecule has 0 saturated carbocycles. The fourth-order valence-electron chi connectivity index (χ4n) is 2.97. The van der Waals surface area contributed by atoms with E-state index in [1.165, 1.54) is 5.56 Å². The van der Waals surface area contributed by atoms with Crippen LogP contribution in [-0.4, -0.2) is 48.4 Å². The number of nitrogen functional groups attached to an aromatic ring is 1. The molecule has 0 unspecified atom stereocenters. The molecule has 2 aromatic rings. The summed E-state index contributed by atoms with van der Waals surface area (Å²) in [6, 6.07) is 17.8. The molecule has 136 valence electrons. The van der Waals surface area contributed by atoms with E-state index in [9.17, 15) is 4.79 Å². The average molecular weight is 382 g/mol. The number of nitrogens with two attached hydrogens (primary N) is 1. The van der Waals surface area contributed by atoms with E-state index in [1.54, 1.807) is 12.1 Å². The lowest BCUT2D eigenvalue weighted by Crippen LogP contribution is -2.49. The topological polar surface area (TPSA) is 49.6 Å². The summed E-state index contributed by atoms with van der Waals surface area (Å²) < 4.78 is 0. The maximum absolute atomic E-state index is 12.5. The number of carbonyl (C=O) groups is 1. The second-order valence-electron chi connectivity index (χ2n) is 5.96. The maximum atomic E-state index is 12.5. The van der Waals surface area contributed by atoms with Crippen molar-refractivity contribution in [2.24, 2.45) is 0 Å². The van der Waals surface area contributed by atoms with Gasteiger partial charge < -0.3 is 10.6 Å². The zero-order chi connectivity index (χ0) is 16.1. The monoisotopic (exact) mass is 381 g/mol. The minimum absolute atomic E-state index is 0. The molecule has 1 fully saturated rings. The van der Waals surface area contributed by atoms with Crippen molar-refractivity contribution in [2.75, 3.05) is 38.5 Å². The number of carbonyl (C=O) groups excluding carboxylic acids is 1. The summed E-state index contributed by atoms with van der Waals surface area (Å²) in [5.41, 5.74) is 8.45. The molecule has 1 heterocycles. The first-order valence-corrected chi connectivity index (χ1v) is 8.14. The molecule has 2 aromatic carbocycles. The number of rotatable bonds is 4. The first-order valence-electron chi connectivity index (χ1n) is 8.14. The van der Waals surface area contributed by atoms with E-state index in [0.717, 1.165) is 39.1 Å². The molecule has 0 aromatic heterocycles. The van der Waals surface area contributed by atoms with Crippen LogP contribution in [0.25, 0.3) is 0 Å². The molecule has 1 aliphatic heterocycles. The van der Waals surface area contributed by atoms with Gasteiger partial charge in [-0.1, -0.05) is 42.5 Å². The Bertz CT molecular complexity index is 659. The molecule has 1 saturated heterocycles. The van der Waals surface area contributed by atoms with Crippen LogP contribution in [-0.2, 0) is 6.42 Å². The van der Waals surface area contributed by atoms with Crippen molar-refractivity contribution in [2.45, 2.75) is 6.42 Å². The number of anilines is 1. The molecule has 25 heavy (non-hydrogen) atoms. The third kappa shape index (κ3) is 5.63. The molecule has 6 heteroatoms. The average Bonchev–Trinajstić information content (AvgIpc) is 2.61. The second-order valence-corrected chi connectivity index (χ2v) is 5.96. The highest BCUT2D eigenvalue weighted by atomic mass is 35.5. The van der Waals surface area contributed by atoms with E-state index in [1.807, 2.05) is 23.1 Å². The van der Waals surface area contributed by atoms with Crippen molar-refractivity contribution in [3.8, 4) is 0 Å². The van der Waals surface area contributed by atoms with Gasteiger partial charge in [0.1, 0.15) is 0 Å². The van der Waals surface area contributed by atoms with Gasteiger partial charge in [0.2, 0.25) is 0 Å². The summed E-state index contributed by atoms with van der Waals surface area (Å²) in [5.74, 6) is 0.0470. The third-order valence-electron chi connectivity index (χ3n) is 4.41. The SMILES string of the molecule is Cl.Cl.Nc1ccccc1C(=O)N1CCN(CCc2ccccc2)CC1. The summed E-state index contributed by atoms with van der Waals surface area (Å²) in [5, 5.41) is 0. The van der Waals surface area contributed by atoms with Crippen LogP contribution in [0.15, 0.2) is 54.6 Å². The number of hydrogen-bond acceptors (Lipinski definition) is 3. The second kappa shape index (κ2) is 10.3. The third-order valence-corrected chi connectivity index (χ3v) is 4.41. The highest BCUT2D eigenvalue weighted by molar-refractivity contribution is 5.99. The highest BCUT2D eigenvalue weighted by Crippen LogP contribution is 2.15. The van der Waals surface area contributed by atoms with Gasteiger partial charge >= 0.3 is 0 Å². The van der Waals surface area contributed by atoms with Crippen LogP contribution in [0.3, 0.4) is 0 Å². The van der Waals surface area contributed by atoms with Crippen molar-refractivity contribution in [1.29, 1.82) is 0 Å². The lowest BCUT2D eigenvalue weighted by molar-refractivity contribution is 0.0639. The zero-order valence-corrected chi connectivity index (χ0v) is 15.8. The number of piperazine rings is 1. The number of hydrogen-bond donors (Lipinski definition) is 1. The van der Waals surface area contributed by atoms with Gasteiger partial charge in [0.25, 0.3) is 5.91 Å². The van der Waals surface area contributed by atoms with Gasteiger partial charge in [-0.25, -0.2) is 0 Å². The Morgan fingerprint density at radius 2 is 1.48 bits per heavy atom. The molecule has 0 bridgehead atoms. The van der Waals surface area contributed by atoms with E-state index >= 15 is 0 Å². The lowest BCUT2D eigenvalue weighted by atomic mass is 10.1. The van der Waals surface area contributed by atoms with Crippen LogP contribution in [0.2, 0.25) is 0 Å². The molecule has 0 radical (unpaired) electrons. The fourth-order valence-corrected chi connectivity index (χ4v) is 2.97. The first kappa shape index (κ1) is 21.3. The van der Waals surface area contributed by atoms with E-state index in [4.69, 9.17) is 5.73 Å². The van der Waals surface area contributed by atoms with Crippen molar-refractivity contribution < 1.29 is 4.79 Å². The number of halogens is 2. The summed E-state index contributed by atoms with van der Waals surface area (Å²) in [6.45, 7) is 4.42. The molecular weight excluding hydrogens is 357 g/mol. The molecular formula is C19H25Cl2N3O. The molecule has 0 spiro atoms. The largest absolute Gasteiger partial charge is 0.398 e. The van der Waals surface area contributed by atoms with Gasteiger partial charge in [0.15, 0.2) is 0 Å². The number of para-hydroxylation sites is 1. The highest BCUT2D eigenvalue weighted by Gasteiger charge is 2.22. The Kier molecular flexibility index (Phi) is 8.76. The quantitative estimate of drug-likeness (QED) is 0.827. The van der Waals surface area contributed by atoms with Crippen LogP contribution in [0, 0.1) is 0 Å². The molecule has 3 rings (SSSR count). The van der Waals surface area contributed by atoms with Gasteiger partial charge in [0, 0.05) is 38.4 Å². The summed E-state index contributed by atoms with van der Waals surface area (Å²) >= 11 is 0. The van der Waals surface area contributed by atoms with Gasteiger partial charge in [-0.3, -0.25) is 9.69 Å². The molecule has 4 nitrogen and oxygen atoms in total. The molecule has 1 aliphatic rings. The zero-order valence-electron chi connectivity index (χ0n) is 14.1. The van der Waals surface area contributed by atoms with Gasteiger partial charge in [-0.15, -0.1) is 24.8 Å². The molecule has 0 atom stereocenters. The van der Waals surface area contributed by atoms with Gasteiger partial charge in [-0.05, 0) is 24.1 Å². The minimum atomic E-state index is 0. The normalized spacial score (nSPS) is 14.3. The van der Waals surface area contributed by atoms with Crippen LogP contribution in [0.1, 0.15) is 15.9 Å². The van der Waals surface area contributed by atoms with Crippen molar-refractivity contribution >= 4 is 36.4 Å². The van der Waals surface area contributed by atoms with E-state index in [2.05, 4.69) is 29.2 Å². The Labute approximate surface area is 161 Å². The first-order chi connectivity index (χ1) is 11.2. The Morgan fingerprint density at radius 1 is 0.880 bits per heavy atom. The molecule has 2 N–H and O–H groups in total. The predicted molar refractivity (Wildman–Crippen MR) is 108 cm³/mol. The maximum Gasteiger partial charge on any atom is 0.256 e. The minimum Gasteiger partial charge on any atom is -0.398 e. The standard InChI is InChI=1S/C19H23N3O.2ClH/c20-18-9-5-4-8-17(18)19(23)22-14-12-21(13-15-22)11-10-16-6-2-1-3-7-16;;/h1-9H,10-15,20H2;2*1H. The van der Waals surface area contributed by atoms with Gasteiger partial charge in [0.05, 0.1) is 5.56 Å². The van der Waals surface area contributed by atoms with E-state index in [0.29, 0.717) is 11.3 Å². The van der Waals surface area contributed by atoms with Crippen LogP contribution < -0.4 is 5.73 Å². The molecule has 0 aliphatic carbocycles. The number of nitrogens with zero attached hydrogens (tertiary/aromatic N) is 2. The van der Waals surface area contributed by atoms with Crippen molar-refractivity contribution in [3.63, 3.8) is 0 Å². The lowest BCUT2D eigenvalue weighted by Gasteiger charge is -2.35. The fraction of sp³-hybridized carbons (Fsp3) is 0.316. The Hall–Kier alpha value is -1.75. The van der Waals surface area contributed by atoms with Crippen LogP contribution in [0.4, 0.5) is 5.69 Å². The summed E-state index contributed by atoms with van der Waals surface area (Å²) in [6.07, 6.45) is 1.06. The van der Waals surface area contributed by atoms with Crippen LogP contribution >= 0.6 is 24.8 Å². The van der Waals surface area contributed by atoms with Gasteiger partial charge in [-0.2, -0.15) is 0 Å². The van der Waals surface area contributed by atoms with Crippen LogP contribution in [0.5, 0.6) is 0 Å². The summed E-state index contributed by atoms with van der Waals surface area (Å²) in [4.78, 5) is 16.9. The summed E-state index contributed by atoms with van der Waals surface area (Å²) in [7, 11) is 0. The van der Waals surface area contributed by atoms with E-state index < -0.39 is 0 Å². The predicted octanol–water partition coefficient (Wildman–Crippen LogP) is 3.11. The smallest absolute Gasteiger partial charge is 0.256 e. The van der Waals surface area contributed by atoms with E-state index in [-0.39, 0.29) is 30.7 Å². The number of benzene rings is 2.